The number of furan rings is 1. The standard InChI is InChI=1S/C21H14BrFN2O3S/c22-13-1-7-16(8-2-13)27-12-18-10-9-17(28-18)11-19-20(26)25(21(29)24-19)15-5-3-14(23)4-6-15/h1-11H,12H2,(H,24,29)/b19-11+. The molecule has 2 aromatic carbocycles. The molecule has 0 spiro atoms. The maximum Gasteiger partial charge on any atom is 0.281 e. The van der Waals surface area contributed by atoms with Crippen LogP contribution in [-0.2, 0) is 11.4 Å². The van der Waals surface area contributed by atoms with Crippen molar-refractivity contribution in [2.75, 3.05) is 4.90 Å². The van der Waals surface area contributed by atoms with Gasteiger partial charge in [-0.3, -0.25) is 9.69 Å². The third-order valence-electron chi connectivity index (χ3n) is 4.13. The van der Waals surface area contributed by atoms with E-state index in [1.807, 2.05) is 24.3 Å². The van der Waals surface area contributed by atoms with Crippen molar-refractivity contribution in [1.82, 2.24) is 5.32 Å². The average Bonchev–Trinajstić information content (AvgIpc) is 3.26. The summed E-state index contributed by atoms with van der Waals surface area (Å²) < 4.78 is 25.5. The Hall–Kier alpha value is -2.97. The molecule has 0 bridgehead atoms. The molecule has 0 aliphatic carbocycles. The van der Waals surface area contributed by atoms with Crippen molar-refractivity contribution in [3.05, 3.63) is 88.2 Å². The largest absolute Gasteiger partial charge is 0.486 e. The Balaban J connectivity index is 1.45. The molecule has 1 fully saturated rings. The lowest BCUT2D eigenvalue weighted by atomic mass is 10.2. The number of nitrogens with zero attached hydrogens (tertiary/aromatic N) is 1. The summed E-state index contributed by atoms with van der Waals surface area (Å²) in [4.78, 5) is 14.0. The normalized spacial score (nSPS) is 15.1. The molecule has 0 saturated carbocycles. The Bertz CT molecular complexity index is 1090. The van der Waals surface area contributed by atoms with Crippen molar-refractivity contribution < 1.29 is 18.3 Å². The first-order chi connectivity index (χ1) is 14.0. The molecular weight excluding hydrogens is 459 g/mol. The number of thiocarbonyl (C=S) groups is 1. The monoisotopic (exact) mass is 472 g/mol. The molecule has 0 atom stereocenters. The highest BCUT2D eigenvalue weighted by atomic mass is 79.9. The second-order valence-corrected chi connectivity index (χ2v) is 7.45. The van der Waals surface area contributed by atoms with Crippen LogP contribution in [0.15, 0.2) is 75.3 Å². The number of nitrogens with one attached hydrogen (secondary N) is 1. The van der Waals surface area contributed by atoms with Gasteiger partial charge in [0.05, 0.1) is 5.69 Å². The number of hydrogen-bond acceptors (Lipinski definition) is 4. The predicted molar refractivity (Wildman–Crippen MR) is 115 cm³/mol. The SMILES string of the molecule is O=C1/C(=C\c2ccc(COc3ccc(Br)cc3)o2)NC(=S)N1c1ccc(F)cc1. The van der Waals surface area contributed by atoms with E-state index in [0.717, 1.165) is 10.2 Å². The molecular formula is C21H14BrFN2O3S. The smallest absolute Gasteiger partial charge is 0.281 e. The van der Waals surface area contributed by atoms with Gasteiger partial charge < -0.3 is 14.5 Å². The highest BCUT2D eigenvalue weighted by Gasteiger charge is 2.32. The fraction of sp³-hybridized carbons (Fsp3) is 0.0476. The van der Waals surface area contributed by atoms with E-state index in [9.17, 15) is 9.18 Å². The fourth-order valence-corrected chi connectivity index (χ4v) is 3.30. The van der Waals surface area contributed by atoms with E-state index in [0.29, 0.717) is 17.2 Å². The van der Waals surface area contributed by atoms with Gasteiger partial charge in [0.2, 0.25) is 0 Å². The van der Waals surface area contributed by atoms with Gasteiger partial charge in [0.25, 0.3) is 5.91 Å². The van der Waals surface area contributed by atoms with Crippen LogP contribution in [-0.4, -0.2) is 11.0 Å². The van der Waals surface area contributed by atoms with Gasteiger partial charge in [-0.15, -0.1) is 0 Å². The lowest BCUT2D eigenvalue weighted by molar-refractivity contribution is -0.113. The van der Waals surface area contributed by atoms with Crippen molar-refractivity contribution in [2.45, 2.75) is 6.61 Å². The molecule has 146 valence electrons. The zero-order valence-corrected chi connectivity index (χ0v) is 17.3. The number of hydrogen-bond donors (Lipinski definition) is 1. The molecule has 8 heteroatoms. The number of benzene rings is 2. The Morgan fingerprint density at radius 1 is 1.10 bits per heavy atom. The minimum atomic E-state index is -0.386. The van der Waals surface area contributed by atoms with Crippen LogP contribution < -0.4 is 15.0 Å². The van der Waals surface area contributed by atoms with Crippen molar-refractivity contribution in [1.29, 1.82) is 0 Å². The van der Waals surface area contributed by atoms with Gasteiger partial charge in [-0.1, -0.05) is 15.9 Å². The molecule has 0 unspecified atom stereocenters. The Kier molecular flexibility index (Phi) is 5.46. The van der Waals surface area contributed by atoms with E-state index in [2.05, 4.69) is 21.2 Å². The van der Waals surface area contributed by atoms with E-state index < -0.39 is 0 Å². The van der Waals surface area contributed by atoms with E-state index in [1.54, 1.807) is 18.2 Å². The molecule has 1 saturated heterocycles. The summed E-state index contributed by atoms with van der Waals surface area (Å²) in [5.41, 5.74) is 0.759. The Morgan fingerprint density at radius 3 is 2.55 bits per heavy atom. The Morgan fingerprint density at radius 2 is 1.83 bits per heavy atom. The lowest BCUT2D eigenvalue weighted by Gasteiger charge is -2.13. The molecule has 3 aromatic rings. The van der Waals surface area contributed by atoms with Crippen molar-refractivity contribution in [3.8, 4) is 5.75 Å². The highest BCUT2D eigenvalue weighted by Crippen LogP contribution is 2.24. The summed E-state index contributed by atoms with van der Waals surface area (Å²) >= 11 is 8.62. The van der Waals surface area contributed by atoms with E-state index in [4.69, 9.17) is 21.4 Å². The summed E-state index contributed by atoms with van der Waals surface area (Å²) in [6.07, 6.45) is 1.57. The van der Waals surface area contributed by atoms with Gasteiger partial charge in [-0.2, -0.15) is 0 Å². The van der Waals surface area contributed by atoms with Crippen LogP contribution in [0.1, 0.15) is 11.5 Å². The number of carbonyl (C=O) groups is 1. The third kappa shape index (κ3) is 4.38. The van der Waals surface area contributed by atoms with Crippen LogP contribution in [0.3, 0.4) is 0 Å². The number of carbonyl (C=O) groups excluding carboxylic acids is 1. The van der Waals surface area contributed by atoms with Crippen LogP contribution in [0.4, 0.5) is 10.1 Å². The molecule has 29 heavy (non-hydrogen) atoms. The summed E-state index contributed by atoms with van der Waals surface area (Å²) in [6.45, 7) is 0.256. The molecule has 2 heterocycles. The summed E-state index contributed by atoms with van der Waals surface area (Å²) in [5, 5.41) is 3.09. The van der Waals surface area contributed by atoms with Crippen LogP contribution in [0, 0.1) is 5.82 Å². The number of ether oxygens (including phenoxy) is 1. The maximum absolute atomic E-state index is 13.1. The van der Waals surface area contributed by atoms with Gasteiger partial charge >= 0.3 is 0 Å². The molecule has 5 nitrogen and oxygen atoms in total. The second-order valence-electron chi connectivity index (χ2n) is 6.15. The molecule has 0 radical (unpaired) electrons. The van der Waals surface area contributed by atoms with E-state index >= 15 is 0 Å². The van der Waals surface area contributed by atoms with Gasteiger partial charge in [0, 0.05) is 10.5 Å². The fourth-order valence-electron chi connectivity index (χ4n) is 2.74. The van der Waals surface area contributed by atoms with Crippen molar-refractivity contribution in [3.63, 3.8) is 0 Å². The lowest BCUT2D eigenvalue weighted by Crippen LogP contribution is -2.30. The first-order valence-corrected chi connectivity index (χ1v) is 9.79. The first-order valence-electron chi connectivity index (χ1n) is 8.59. The van der Waals surface area contributed by atoms with Crippen LogP contribution in [0.2, 0.25) is 0 Å². The highest BCUT2D eigenvalue weighted by molar-refractivity contribution is 9.10. The molecule has 1 aliphatic rings. The number of halogens is 2. The number of rotatable bonds is 5. The minimum Gasteiger partial charge on any atom is -0.486 e. The first kappa shape index (κ1) is 19.4. The van der Waals surface area contributed by atoms with Crippen LogP contribution >= 0.6 is 28.1 Å². The molecule has 1 aliphatic heterocycles. The maximum atomic E-state index is 13.1. The van der Waals surface area contributed by atoms with E-state index in [1.165, 1.54) is 29.2 Å². The van der Waals surface area contributed by atoms with Gasteiger partial charge in [-0.25, -0.2) is 4.39 Å². The van der Waals surface area contributed by atoms with Gasteiger partial charge in [-0.05, 0) is 72.9 Å². The predicted octanol–water partition coefficient (Wildman–Crippen LogP) is 5.02. The minimum absolute atomic E-state index is 0.221. The van der Waals surface area contributed by atoms with E-state index in [-0.39, 0.29) is 29.1 Å². The van der Waals surface area contributed by atoms with Crippen molar-refractivity contribution >= 4 is 50.9 Å². The molecule has 1 amide bonds. The molecule has 1 N–H and O–H groups in total. The third-order valence-corrected chi connectivity index (χ3v) is 4.94. The van der Waals surface area contributed by atoms with Crippen LogP contribution in [0.5, 0.6) is 5.75 Å². The quantitative estimate of drug-likeness (QED) is 0.417. The number of amides is 1. The summed E-state index contributed by atoms with van der Waals surface area (Å²) in [7, 11) is 0. The van der Waals surface area contributed by atoms with Gasteiger partial charge in [0.1, 0.15) is 35.4 Å². The van der Waals surface area contributed by atoms with Crippen molar-refractivity contribution in [2.24, 2.45) is 0 Å². The number of anilines is 1. The summed E-state index contributed by atoms with van der Waals surface area (Å²) in [5.74, 6) is 1.09. The zero-order chi connectivity index (χ0) is 20.4. The summed E-state index contributed by atoms with van der Waals surface area (Å²) in [6, 6.07) is 16.5. The van der Waals surface area contributed by atoms with Crippen LogP contribution in [0.25, 0.3) is 6.08 Å². The molecule has 1 aromatic heterocycles. The zero-order valence-electron chi connectivity index (χ0n) is 14.9. The average molecular weight is 473 g/mol. The topological polar surface area (TPSA) is 54.7 Å². The van der Waals surface area contributed by atoms with Gasteiger partial charge in [0.15, 0.2) is 5.11 Å². The molecule has 4 rings (SSSR count). The Labute approximate surface area is 179 Å². The second kappa shape index (κ2) is 8.18.